The number of urea groups is 1. The van der Waals surface area contributed by atoms with Crippen LogP contribution in [0.2, 0.25) is 5.02 Å². The predicted octanol–water partition coefficient (Wildman–Crippen LogP) is 2.87. The van der Waals surface area contributed by atoms with Gasteiger partial charge in [-0.15, -0.1) is 10.2 Å². The van der Waals surface area contributed by atoms with Crippen molar-refractivity contribution in [2.75, 3.05) is 19.8 Å². The number of hydrogen-bond acceptors (Lipinski definition) is 6. The minimum absolute atomic E-state index is 0.00294. The van der Waals surface area contributed by atoms with E-state index in [9.17, 15) is 9.59 Å². The number of carbonyl (C=O) groups excluding carboxylic acids is 2. The van der Waals surface area contributed by atoms with Crippen molar-refractivity contribution in [3.05, 3.63) is 35.1 Å². The highest BCUT2D eigenvalue weighted by molar-refractivity contribution is 7.99. The van der Waals surface area contributed by atoms with E-state index in [0.29, 0.717) is 10.2 Å². The molecule has 1 unspecified atom stereocenters. The summed E-state index contributed by atoms with van der Waals surface area (Å²) in [6.07, 6.45) is 0. The van der Waals surface area contributed by atoms with Crippen LogP contribution in [-0.2, 0) is 4.79 Å². The summed E-state index contributed by atoms with van der Waals surface area (Å²) in [5.74, 6) is 0.372. The van der Waals surface area contributed by atoms with Gasteiger partial charge in [0, 0.05) is 16.8 Å². The van der Waals surface area contributed by atoms with Crippen molar-refractivity contribution < 1.29 is 9.59 Å². The van der Waals surface area contributed by atoms with Gasteiger partial charge in [0.2, 0.25) is 5.91 Å². The minimum atomic E-state index is -0.512. The number of nitrogens with zero attached hydrogens (tertiary/aromatic N) is 4. The van der Waals surface area contributed by atoms with Crippen LogP contribution in [0.1, 0.15) is 32.6 Å². The maximum Gasteiger partial charge on any atom is 0.321 e. The van der Waals surface area contributed by atoms with Crippen LogP contribution in [0, 0.1) is 0 Å². The Kier molecular flexibility index (Phi) is 7.85. The van der Waals surface area contributed by atoms with Gasteiger partial charge in [0.05, 0.1) is 11.8 Å². The lowest BCUT2D eigenvalue weighted by molar-refractivity contribution is -0.117. The fourth-order valence-electron chi connectivity index (χ4n) is 2.30. The molecule has 0 saturated carbocycles. The number of nitrogens with one attached hydrogen (secondary N) is 2. The number of benzene rings is 1. The summed E-state index contributed by atoms with van der Waals surface area (Å²) in [6, 6.07) is 6.76. The molecule has 1 heterocycles. The largest absolute Gasteiger partial charge is 0.336 e. The predicted molar refractivity (Wildman–Crippen MR) is 111 cm³/mol. The van der Waals surface area contributed by atoms with E-state index in [1.165, 1.54) is 11.8 Å². The molecule has 152 valence electrons. The lowest BCUT2D eigenvalue weighted by atomic mass is 10.2. The van der Waals surface area contributed by atoms with Crippen LogP contribution >= 0.6 is 23.4 Å². The molecule has 2 aromatic rings. The molecule has 2 N–H and O–H groups in total. The molecule has 0 saturated heterocycles. The van der Waals surface area contributed by atoms with E-state index in [1.807, 2.05) is 56.5 Å². The first kappa shape index (κ1) is 22.2. The van der Waals surface area contributed by atoms with Crippen LogP contribution in [-0.4, -0.2) is 57.5 Å². The Morgan fingerprint density at radius 3 is 2.39 bits per heavy atom. The molecule has 2 rings (SSSR count). The molecule has 0 radical (unpaired) electrons. The SMILES string of the molecule is CC(C)NC(=O)NC(=O)CSc1nnc(C(C)N(C)C)n1-c1ccc(Cl)cc1. The van der Waals surface area contributed by atoms with Crippen molar-refractivity contribution in [2.24, 2.45) is 0 Å². The van der Waals surface area contributed by atoms with Gasteiger partial charge in [-0.3, -0.25) is 19.6 Å². The van der Waals surface area contributed by atoms with Crippen LogP contribution in [0.25, 0.3) is 5.69 Å². The lowest BCUT2D eigenvalue weighted by Crippen LogP contribution is -2.43. The molecule has 1 aromatic heterocycles. The van der Waals surface area contributed by atoms with E-state index in [-0.39, 0.29) is 17.8 Å². The number of imide groups is 1. The van der Waals surface area contributed by atoms with Crippen molar-refractivity contribution in [3.63, 3.8) is 0 Å². The van der Waals surface area contributed by atoms with E-state index in [0.717, 1.165) is 11.5 Å². The topological polar surface area (TPSA) is 92.2 Å². The molecule has 1 aromatic carbocycles. The molecule has 0 aliphatic carbocycles. The zero-order valence-corrected chi connectivity index (χ0v) is 18.1. The number of halogens is 1. The van der Waals surface area contributed by atoms with Gasteiger partial charge in [0.15, 0.2) is 11.0 Å². The van der Waals surface area contributed by atoms with Gasteiger partial charge in [-0.05, 0) is 59.1 Å². The maximum atomic E-state index is 12.1. The average Bonchev–Trinajstić information content (AvgIpc) is 3.02. The third-order valence-corrected chi connectivity index (χ3v) is 5.08. The monoisotopic (exact) mass is 424 g/mol. The van der Waals surface area contributed by atoms with E-state index in [4.69, 9.17) is 11.6 Å². The first-order chi connectivity index (χ1) is 13.2. The second kappa shape index (κ2) is 9.90. The highest BCUT2D eigenvalue weighted by Crippen LogP contribution is 2.27. The van der Waals surface area contributed by atoms with Crippen LogP contribution in [0.15, 0.2) is 29.4 Å². The lowest BCUT2D eigenvalue weighted by Gasteiger charge is -2.20. The molecule has 0 aliphatic rings. The van der Waals surface area contributed by atoms with Crippen molar-refractivity contribution >= 4 is 35.3 Å². The van der Waals surface area contributed by atoms with Crippen molar-refractivity contribution in [1.29, 1.82) is 0 Å². The van der Waals surface area contributed by atoms with Crippen molar-refractivity contribution in [3.8, 4) is 5.69 Å². The number of carbonyl (C=O) groups is 2. The summed E-state index contributed by atoms with van der Waals surface area (Å²) in [7, 11) is 3.91. The van der Waals surface area contributed by atoms with Gasteiger partial charge in [0.25, 0.3) is 0 Å². The Hall–Kier alpha value is -2.10. The van der Waals surface area contributed by atoms with E-state index in [2.05, 4.69) is 20.8 Å². The first-order valence-corrected chi connectivity index (χ1v) is 10.2. The number of amides is 3. The molecule has 0 spiro atoms. The smallest absolute Gasteiger partial charge is 0.321 e. The Balaban J connectivity index is 2.21. The quantitative estimate of drug-likeness (QED) is 0.664. The van der Waals surface area contributed by atoms with E-state index >= 15 is 0 Å². The van der Waals surface area contributed by atoms with Crippen molar-refractivity contribution in [2.45, 2.75) is 38.0 Å². The van der Waals surface area contributed by atoms with Gasteiger partial charge < -0.3 is 5.32 Å². The molecular weight excluding hydrogens is 400 g/mol. The van der Waals surface area contributed by atoms with E-state index in [1.54, 1.807) is 12.1 Å². The standard InChI is InChI=1S/C18H25ClN6O2S/c1-11(2)20-17(27)21-15(26)10-28-18-23-22-16(12(3)24(4)5)25(18)14-8-6-13(19)7-9-14/h6-9,11-12H,10H2,1-5H3,(H2,20,21,26,27). The van der Waals surface area contributed by atoms with E-state index < -0.39 is 11.9 Å². The fourth-order valence-corrected chi connectivity index (χ4v) is 3.19. The van der Waals surface area contributed by atoms with Crippen LogP contribution in [0.4, 0.5) is 4.79 Å². The fraction of sp³-hybridized carbons (Fsp3) is 0.444. The molecule has 10 heteroatoms. The Bertz CT molecular complexity index is 822. The molecule has 3 amide bonds. The Labute approximate surface area is 174 Å². The molecule has 0 bridgehead atoms. The normalized spacial score (nSPS) is 12.3. The summed E-state index contributed by atoms with van der Waals surface area (Å²) in [6.45, 7) is 5.66. The number of hydrogen-bond donors (Lipinski definition) is 2. The molecule has 0 fully saturated rings. The summed E-state index contributed by atoms with van der Waals surface area (Å²) in [5.41, 5.74) is 0.846. The minimum Gasteiger partial charge on any atom is -0.336 e. The molecule has 28 heavy (non-hydrogen) atoms. The summed E-state index contributed by atoms with van der Waals surface area (Å²) in [5, 5.41) is 14.7. The van der Waals surface area contributed by atoms with Gasteiger partial charge in [-0.25, -0.2) is 4.79 Å². The second-order valence-electron chi connectivity index (χ2n) is 6.76. The van der Waals surface area contributed by atoms with Gasteiger partial charge in [0.1, 0.15) is 0 Å². The molecule has 1 atom stereocenters. The summed E-state index contributed by atoms with van der Waals surface area (Å²) >= 11 is 7.22. The van der Waals surface area contributed by atoms with Gasteiger partial charge in [-0.1, -0.05) is 23.4 Å². The second-order valence-corrected chi connectivity index (χ2v) is 8.14. The number of rotatable bonds is 7. The van der Waals surface area contributed by atoms with Gasteiger partial charge in [-0.2, -0.15) is 0 Å². The number of thioether (sulfide) groups is 1. The highest BCUT2D eigenvalue weighted by Gasteiger charge is 2.21. The molecular formula is C18H25ClN6O2S. The van der Waals surface area contributed by atoms with Crippen molar-refractivity contribution in [1.82, 2.24) is 30.3 Å². The van der Waals surface area contributed by atoms with Crippen LogP contribution < -0.4 is 10.6 Å². The zero-order valence-electron chi connectivity index (χ0n) is 16.6. The summed E-state index contributed by atoms with van der Waals surface area (Å²) < 4.78 is 1.90. The Morgan fingerprint density at radius 1 is 1.18 bits per heavy atom. The first-order valence-electron chi connectivity index (χ1n) is 8.80. The zero-order chi connectivity index (χ0) is 20.8. The van der Waals surface area contributed by atoms with Crippen LogP contribution in [0.5, 0.6) is 0 Å². The van der Waals surface area contributed by atoms with Gasteiger partial charge >= 0.3 is 6.03 Å². The average molecular weight is 425 g/mol. The maximum absolute atomic E-state index is 12.1. The number of aromatic nitrogens is 3. The molecule has 0 aliphatic heterocycles. The van der Waals surface area contributed by atoms with Crippen LogP contribution in [0.3, 0.4) is 0 Å². The third-order valence-electron chi connectivity index (χ3n) is 3.90. The molecule has 8 nitrogen and oxygen atoms in total. The Morgan fingerprint density at radius 2 is 1.82 bits per heavy atom. The third kappa shape index (κ3) is 5.95. The highest BCUT2D eigenvalue weighted by atomic mass is 35.5. The summed E-state index contributed by atoms with van der Waals surface area (Å²) in [4.78, 5) is 25.8.